The number of aromatic nitrogens is 2. The fourth-order valence-electron chi connectivity index (χ4n) is 1.53. The molecular weight excluding hydrogens is 250 g/mol. The Bertz CT molecular complexity index is 615. The van der Waals surface area contributed by atoms with Gasteiger partial charge in [-0.2, -0.15) is 0 Å². The third-order valence-corrected chi connectivity index (χ3v) is 3.29. The number of hydrogen-bond donors (Lipinski definition) is 1. The smallest absolute Gasteiger partial charge is 0.262 e. The van der Waals surface area contributed by atoms with Gasteiger partial charge in [0, 0.05) is 6.54 Å². The highest BCUT2D eigenvalue weighted by Crippen LogP contribution is 2.12. The molecule has 6 heteroatoms. The Morgan fingerprint density at radius 2 is 2.33 bits per heavy atom. The summed E-state index contributed by atoms with van der Waals surface area (Å²) in [6, 6.07) is 1.73. The third-order valence-electron chi connectivity index (χ3n) is 2.47. The van der Waals surface area contributed by atoms with Gasteiger partial charge < -0.3 is 5.32 Å². The molecule has 1 N–H and O–H groups in total. The number of hydrogen-bond acceptors (Lipinski definition) is 4. The second-order valence-electron chi connectivity index (χ2n) is 4.51. The van der Waals surface area contributed by atoms with Crippen LogP contribution in [0.1, 0.15) is 13.8 Å². The standard InChI is InChI=1S/C12H15N3O2S/c1-8(2)5-13-10(16)6-15-7-14-11-9(12(15)17)3-4-18-11/h3-4,7-8H,5-6H2,1-2H3,(H,13,16). The number of carbonyl (C=O) groups is 1. The molecule has 5 nitrogen and oxygen atoms in total. The van der Waals surface area contributed by atoms with Crippen molar-refractivity contribution in [2.75, 3.05) is 6.54 Å². The second-order valence-corrected chi connectivity index (χ2v) is 5.41. The van der Waals surface area contributed by atoms with Crippen molar-refractivity contribution >= 4 is 27.5 Å². The largest absolute Gasteiger partial charge is 0.354 e. The maximum absolute atomic E-state index is 12.0. The van der Waals surface area contributed by atoms with Crippen LogP contribution in [-0.4, -0.2) is 22.0 Å². The topological polar surface area (TPSA) is 64.0 Å². The van der Waals surface area contributed by atoms with Crippen molar-refractivity contribution in [1.82, 2.24) is 14.9 Å². The predicted octanol–water partition coefficient (Wildman–Crippen LogP) is 1.23. The molecule has 96 valence electrons. The van der Waals surface area contributed by atoms with Gasteiger partial charge in [0.2, 0.25) is 5.91 Å². The van der Waals surface area contributed by atoms with E-state index < -0.39 is 0 Å². The summed E-state index contributed by atoms with van der Waals surface area (Å²) >= 11 is 1.42. The third kappa shape index (κ3) is 2.76. The highest BCUT2D eigenvalue weighted by atomic mass is 32.1. The zero-order chi connectivity index (χ0) is 13.1. The lowest BCUT2D eigenvalue weighted by molar-refractivity contribution is -0.121. The molecule has 0 aliphatic carbocycles. The van der Waals surface area contributed by atoms with E-state index in [0.29, 0.717) is 22.7 Å². The Morgan fingerprint density at radius 3 is 3.06 bits per heavy atom. The minimum Gasteiger partial charge on any atom is -0.354 e. The average molecular weight is 265 g/mol. The maximum atomic E-state index is 12.0. The van der Waals surface area contributed by atoms with E-state index in [4.69, 9.17) is 0 Å². The zero-order valence-corrected chi connectivity index (χ0v) is 11.2. The van der Waals surface area contributed by atoms with Crippen molar-refractivity contribution in [3.05, 3.63) is 28.1 Å². The molecule has 0 aliphatic heterocycles. The monoisotopic (exact) mass is 265 g/mol. The van der Waals surface area contributed by atoms with Crippen molar-refractivity contribution < 1.29 is 4.79 Å². The first-order chi connectivity index (χ1) is 8.58. The molecule has 0 aliphatic rings. The summed E-state index contributed by atoms with van der Waals surface area (Å²) < 4.78 is 1.34. The van der Waals surface area contributed by atoms with Crippen LogP contribution >= 0.6 is 11.3 Å². The van der Waals surface area contributed by atoms with Gasteiger partial charge in [-0.3, -0.25) is 14.2 Å². The van der Waals surface area contributed by atoms with Gasteiger partial charge in [0.1, 0.15) is 11.4 Å². The summed E-state index contributed by atoms with van der Waals surface area (Å²) in [5.74, 6) is 0.227. The van der Waals surface area contributed by atoms with Crippen LogP contribution in [0.15, 0.2) is 22.6 Å². The van der Waals surface area contributed by atoms with Crippen LogP contribution in [0, 0.1) is 5.92 Å². The highest BCUT2D eigenvalue weighted by Gasteiger charge is 2.08. The number of amides is 1. The zero-order valence-electron chi connectivity index (χ0n) is 10.3. The molecule has 0 unspecified atom stereocenters. The molecule has 0 atom stereocenters. The van der Waals surface area contributed by atoms with Gasteiger partial charge >= 0.3 is 0 Å². The molecule has 2 aromatic heterocycles. The van der Waals surface area contributed by atoms with Crippen LogP contribution in [0.5, 0.6) is 0 Å². The van der Waals surface area contributed by atoms with Crippen LogP contribution in [0.2, 0.25) is 0 Å². The summed E-state index contributed by atoms with van der Waals surface area (Å²) in [7, 11) is 0. The van der Waals surface area contributed by atoms with Crippen LogP contribution in [0.4, 0.5) is 0 Å². The molecule has 0 aromatic carbocycles. The van der Waals surface area contributed by atoms with Crippen molar-refractivity contribution in [3.63, 3.8) is 0 Å². The van der Waals surface area contributed by atoms with E-state index in [1.54, 1.807) is 6.07 Å². The molecule has 0 bridgehead atoms. The number of thiophene rings is 1. The van der Waals surface area contributed by atoms with Crippen molar-refractivity contribution in [2.24, 2.45) is 5.92 Å². The van der Waals surface area contributed by atoms with Gasteiger partial charge in [0.25, 0.3) is 5.56 Å². The molecule has 0 saturated heterocycles. The fraction of sp³-hybridized carbons (Fsp3) is 0.417. The van der Waals surface area contributed by atoms with E-state index in [9.17, 15) is 9.59 Å². The summed E-state index contributed by atoms with van der Waals surface area (Å²) in [6.45, 7) is 4.67. The first kappa shape index (κ1) is 12.8. The van der Waals surface area contributed by atoms with Crippen LogP contribution < -0.4 is 10.9 Å². The Labute approximate surface area is 108 Å². The molecule has 2 aromatic rings. The number of fused-ring (bicyclic) bond motifs is 1. The molecule has 18 heavy (non-hydrogen) atoms. The maximum Gasteiger partial charge on any atom is 0.262 e. The molecule has 2 rings (SSSR count). The van der Waals surface area contributed by atoms with E-state index in [1.807, 2.05) is 19.2 Å². The molecular formula is C12H15N3O2S. The minimum absolute atomic E-state index is 0.0182. The van der Waals surface area contributed by atoms with Gasteiger partial charge in [-0.15, -0.1) is 11.3 Å². The van der Waals surface area contributed by atoms with E-state index >= 15 is 0 Å². The number of rotatable bonds is 4. The first-order valence-corrected chi connectivity index (χ1v) is 6.65. The molecule has 0 saturated carbocycles. The van der Waals surface area contributed by atoms with E-state index in [2.05, 4.69) is 10.3 Å². The lowest BCUT2D eigenvalue weighted by Crippen LogP contribution is -2.34. The predicted molar refractivity (Wildman–Crippen MR) is 71.7 cm³/mol. The normalized spacial score (nSPS) is 11.1. The van der Waals surface area contributed by atoms with E-state index in [-0.39, 0.29) is 18.0 Å². The SMILES string of the molecule is CC(C)CNC(=O)Cn1cnc2sccc2c1=O. The molecule has 2 heterocycles. The molecule has 0 fully saturated rings. The Hall–Kier alpha value is -1.69. The fourth-order valence-corrected chi connectivity index (χ4v) is 2.26. The Balaban J connectivity index is 2.14. The quantitative estimate of drug-likeness (QED) is 0.904. The van der Waals surface area contributed by atoms with Crippen LogP contribution in [0.25, 0.3) is 10.2 Å². The lowest BCUT2D eigenvalue weighted by Gasteiger charge is -2.08. The van der Waals surface area contributed by atoms with Crippen molar-refractivity contribution in [3.8, 4) is 0 Å². The van der Waals surface area contributed by atoms with Gasteiger partial charge in [0.15, 0.2) is 0 Å². The van der Waals surface area contributed by atoms with Gasteiger partial charge in [-0.1, -0.05) is 13.8 Å². The lowest BCUT2D eigenvalue weighted by atomic mass is 10.2. The summed E-state index contributed by atoms with van der Waals surface area (Å²) in [5, 5.41) is 5.17. The minimum atomic E-state index is -0.166. The highest BCUT2D eigenvalue weighted by molar-refractivity contribution is 7.16. The number of nitrogens with zero attached hydrogens (tertiary/aromatic N) is 2. The van der Waals surface area contributed by atoms with Crippen molar-refractivity contribution in [1.29, 1.82) is 0 Å². The second kappa shape index (κ2) is 5.30. The first-order valence-electron chi connectivity index (χ1n) is 5.77. The Morgan fingerprint density at radius 1 is 1.56 bits per heavy atom. The molecule has 0 radical (unpaired) electrons. The van der Waals surface area contributed by atoms with Crippen molar-refractivity contribution in [2.45, 2.75) is 20.4 Å². The van der Waals surface area contributed by atoms with Gasteiger partial charge in [-0.25, -0.2) is 4.98 Å². The number of carbonyl (C=O) groups excluding carboxylic acids is 1. The van der Waals surface area contributed by atoms with Gasteiger partial charge in [0.05, 0.1) is 11.7 Å². The average Bonchev–Trinajstić information content (AvgIpc) is 2.79. The van der Waals surface area contributed by atoms with Gasteiger partial charge in [-0.05, 0) is 17.4 Å². The molecule has 1 amide bonds. The Kier molecular flexibility index (Phi) is 3.76. The van der Waals surface area contributed by atoms with E-state index in [1.165, 1.54) is 22.2 Å². The van der Waals surface area contributed by atoms with Crippen LogP contribution in [-0.2, 0) is 11.3 Å². The summed E-state index contributed by atoms with van der Waals surface area (Å²) in [6.07, 6.45) is 1.43. The summed E-state index contributed by atoms with van der Waals surface area (Å²) in [5.41, 5.74) is -0.166. The van der Waals surface area contributed by atoms with E-state index in [0.717, 1.165) is 0 Å². The summed E-state index contributed by atoms with van der Waals surface area (Å²) in [4.78, 5) is 28.5. The molecule has 0 spiro atoms. The number of nitrogens with one attached hydrogen (secondary N) is 1. The van der Waals surface area contributed by atoms with Crippen LogP contribution in [0.3, 0.4) is 0 Å².